The maximum absolute atomic E-state index is 13.6. The van der Waals surface area contributed by atoms with Crippen molar-refractivity contribution < 1.29 is 8.78 Å². The second kappa shape index (κ2) is 5.00. The van der Waals surface area contributed by atoms with Crippen LogP contribution in [0.1, 0.15) is 24.3 Å². The lowest BCUT2D eigenvalue weighted by molar-refractivity contribution is 0.362. The maximum Gasteiger partial charge on any atom is 0.146 e. The third-order valence-electron chi connectivity index (χ3n) is 3.72. The standard InChI is InChI=1S/C16H15F2N/c17-14-6-2-1-5-13(14)11-9-12(10-11)19-16-8-4-3-7-15(16)18/h1-8,11-12,19H,9-10H2. The van der Waals surface area contributed by atoms with E-state index in [1.54, 1.807) is 24.3 Å². The Morgan fingerprint density at radius 3 is 2.16 bits per heavy atom. The number of benzene rings is 2. The lowest BCUT2D eigenvalue weighted by atomic mass is 9.75. The Kier molecular flexibility index (Phi) is 3.20. The van der Waals surface area contributed by atoms with Crippen LogP contribution in [0.2, 0.25) is 0 Å². The van der Waals surface area contributed by atoms with E-state index < -0.39 is 0 Å². The van der Waals surface area contributed by atoms with Crippen molar-refractivity contribution >= 4 is 5.69 Å². The van der Waals surface area contributed by atoms with Crippen LogP contribution in [0.25, 0.3) is 0 Å². The van der Waals surface area contributed by atoms with E-state index in [0.717, 1.165) is 18.4 Å². The largest absolute Gasteiger partial charge is 0.380 e. The van der Waals surface area contributed by atoms with E-state index in [9.17, 15) is 8.78 Å². The van der Waals surface area contributed by atoms with Crippen LogP contribution in [0.4, 0.5) is 14.5 Å². The average Bonchev–Trinajstić information content (AvgIpc) is 2.37. The molecule has 2 aromatic carbocycles. The van der Waals surface area contributed by atoms with Crippen molar-refractivity contribution in [2.75, 3.05) is 5.32 Å². The summed E-state index contributed by atoms with van der Waals surface area (Å²) in [4.78, 5) is 0. The molecule has 3 rings (SSSR count). The summed E-state index contributed by atoms with van der Waals surface area (Å²) in [6, 6.07) is 13.7. The highest BCUT2D eigenvalue weighted by Gasteiger charge is 2.32. The van der Waals surface area contributed by atoms with Crippen molar-refractivity contribution in [1.29, 1.82) is 0 Å². The van der Waals surface area contributed by atoms with Gasteiger partial charge in [0.05, 0.1) is 5.69 Å². The third kappa shape index (κ3) is 2.46. The van der Waals surface area contributed by atoms with E-state index in [-0.39, 0.29) is 23.6 Å². The highest BCUT2D eigenvalue weighted by Crippen LogP contribution is 2.39. The second-order valence-corrected chi connectivity index (χ2v) is 5.01. The molecule has 0 atom stereocenters. The molecule has 1 nitrogen and oxygen atoms in total. The molecule has 1 fully saturated rings. The van der Waals surface area contributed by atoms with Crippen LogP contribution in [0, 0.1) is 11.6 Å². The van der Waals surface area contributed by atoms with E-state index in [4.69, 9.17) is 0 Å². The zero-order valence-corrected chi connectivity index (χ0v) is 10.4. The molecular weight excluding hydrogens is 244 g/mol. The lowest BCUT2D eigenvalue weighted by Crippen LogP contribution is -2.34. The normalized spacial score (nSPS) is 21.8. The van der Waals surface area contributed by atoms with Gasteiger partial charge in [-0.25, -0.2) is 8.78 Å². The number of rotatable bonds is 3. The molecule has 19 heavy (non-hydrogen) atoms. The summed E-state index contributed by atoms with van der Waals surface area (Å²) in [6.07, 6.45) is 1.69. The Morgan fingerprint density at radius 2 is 1.47 bits per heavy atom. The molecule has 1 aliphatic rings. The fourth-order valence-corrected chi connectivity index (χ4v) is 2.59. The Bertz CT molecular complexity index is 576. The van der Waals surface area contributed by atoms with Crippen LogP contribution in [0.3, 0.4) is 0 Å². The summed E-state index contributed by atoms with van der Waals surface area (Å²) >= 11 is 0. The Labute approximate surface area is 111 Å². The summed E-state index contributed by atoms with van der Waals surface area (Å²) < 4.78 is 27.1. The summed E-state index contributed by atoms with van der Waals surface area (Å²) in [5.74, 6) is -0.140. The number of para-hydroxylation sites is 1. The van der Waals surface area contributed by atoms with Crippen LogP contribution in [0.5, 0.6) is 0 Å². The predicted octanol–water partition coefficient (Wildman–Crippen LogP) is 4.32. The van der Waals surface area contributed by atoms with Gasteiger partial charge in [0.2, 0.25) is 0 Å². The van der Waals surface area contributed by atoms with Gasteiger partial charge < -0.3 is 5.32 Å². The first-order chi connectivity index (χ1) is 9.24. The molecule has 1 saturated carbocycles. The topological polar surface area (TPSA) is 12.0 Å². The van der Waals surface area contributed by atoms with Crippen molar-refractivity contribution in [3.63, 3.8) is 0 Å². The highest BCUT2D eigenvalue weighted by atomic mass is 19.1. The molecule has 0 aromatic heterocycles. The van der Waals surface area contributed by atoms with Gasteiger partial charge in [-0.1, -0.05) is 30.3 Å². The Hall–Kier alpha value is -1.90. The van der Waals surface area contributed by atoms with Crippen LogP contribution in [0.15, 0.2) is 48.5 Å². The molecule has 1 N–H and O–H groups in total. The Morgan fingerprint density at radius 1 is 0.842 bits per heavy atom. The molecular formula is C16H15F2N. The molecule has 1 aliphatic carbocycles. The smallest absolute Gasteiger partial charge is 0.146 e. The van der Waals surface area contributed by atoms with Crippen molar-refractivity contribution in [3.05, 3.63) is 65.7 Å². The quantitative estimate of drug-likeness (QED) is 0.865. The van der Waals surface area contributed by atoms with E-state index >= 15 is 0 Å². The van der Waals surface area contributed by atoms with Gasteiger partial charge in [0.1, 0.15) is 11.6 Å². The SMILES string of the molecule is Fc1ccccc1NC1CC(c2ccccc2F)C1. The fraction of sp³-hybridized carbons (Fsp3) is 0.250. The molecule has 0 amide bonds. The van der Waals surface area contributed by atoms with E-state index in [1.807, 2.05) is 12.1 Å². The van der Waals surface area contributed by atoms with Crippen LogP contribution >= 0.6 is 0 Å². The van der Waals surface area contributed by atoms with Gasteiger partial charge in [0.15, 0.2) is 0 Å². The fourth-order valence-electron chi connectivity index (χ4n) is 2.59. The molecule has 0 aliphatic heterocycles. The van der Waals surface area contributed by atoms with Gasteiger partial charge in [-0.2, -0.15) is 0 Å². The monoisotopic (exact) mass is 259 g/mol. The van der Waals surface area contributed by atoms with Gasteiger partial charge in [-0.05, 0) is 42.5 Å². The summed E-state index contributed by atoms with van der Waals surface area (Å²) in [6.45, 7) is 0. The molecule has 0 spiro atoms. The van der Waals surface area contributed by atoms with Crippen molar-refractivity contribution in [2.45, 2.75) is 24.8 Å². The van der Waals surface area contributed by atoms with Gasteiger partial charge in [0.25, 0.3) is 0 Å². The number of hydrogen-bond acceptors (Lipinski definition) is 1. The number of nitrogens with one attached hydrogen (secondary N) is 1. The van der Waals surface area contributed by atoms with Crippen LogP contribution < -0.4 is 5.32 Å². The molecule has 0 heterocycles. The zero-order valence-electron chi connectivity index (χ0n) is 10.4. The average molecular weight is 259 g/mol. The molecule has 0 bridgehead atoms. The van der Waals surface area contributed by atoms with Crippen LogP contribution in [-0.4, -0.2) is 6.04 Å². The van der Waals surface area contributed by atoms with Gasteiger partial charge in [-0.3, -0.25) is 0 Å². The first-order valence-electron chi connectivity index (χ1n) is 6.49. The third-order valence-corrected chi connectivity index (χ3v) is 3.72. The lowest BCUT2D eigenvalue weighted by Gasteiger charge is -2.37. The first kappa shape index (κ1) is 12.2. The summed E-state index contributed by atoms with van der Waals surface area (Å²) in [5, 5.41) is 3.17. The summed E-state index contributed by atoms with van der Waals surface area (Å²) in [7, 11) is 0. The van der Waals surface area contributed by atoms with E-state index in [2.05, 4.69) is 5.32 Å². The van der Waals surface area contributed by atoms with Crippen molar-refractivity contribution in [1.82, 2.24) is 0 Å². The molecule has 0 saturated heterocycles. The minimum Gasteiger partial charge on any atom is -0.380 e. The molecule has 0 unspecified atom stereocenters. The first-order valence-corrected chi connectivity index (χ1v) is 6.49. The van der Waals surface area contributed by atoms with Gasteiger partial charge in [-0.15, -0.1) is 0 Å². The number of halogens is 2. The molecule has 2 aromatic rings. The van der Waals surface area contributed by atoms with E-state index in [1.165, 1.54) is 12.1 Å². The minimum atomic E-state index is -0.239. The number of hydrogen-bond donors (Lipinski definition) is 1. The molecule has 98 valence electrons. The second-order valence-electron chi connectivity index (χ2n) is 5.01. The van der Waals surface area contributed by atoms with E-state index in [0.29, 0.717) is 5.69 Å². The van der Waals surface area contributed by atoms with Crippen molar-refractivity contribution in [2.24, 2.45) is 0 Å². The predicted molar refractivity (Wildman–Crippen MR) is 72.2 cm³/mol. The van der Waals surface area contributed by atoms with Crippen LogP contribution in [-0.2, 0) is 0 Å². The molecule has 3 heteroatoms. The van der Waals surface area contributed by atoms with Gasteiger partial charge in [0, 0.05) is 6.04 Å². The number of anilines is 1. The van der Waals surface area contributed by atoms with Gasteiger partial charge >= 0.3 is 0 Å². The minimum absolute atomic E-state index is 0.142. The zero-order chi connectivity index (χ0) is 13.2. The molecule has 0 radical (unpaired) electrons. The Balaban J connectivity index is 1.62. The highest BCUT2D eigenvalue weighted by molar-refractivity contribution is 5.46. The van der Waals surface area contributed by atoms with Crippen molar-refractivity contribution in [3.8, 4) is 0 Å². The summed E-state index contributed by atoms with van der Waals surface area (Å²) in [5.41, 5.74) is 1.30. The maximum atomic E-state index is 13.6.